The Morgan fingerprint density at radius 2 is 1.80 bits per heavy atom. The molecule has 1 aliphatic rings. The van der Waals surface area contributed by atoms with Crippen molar-refractivity contribution in [1.82, 2.24) is 0 Å². The first-order valence-electron chi connectivity index (χ1n) is 7.82. The van der Waals surface area contributed by atoms with E-state index in [1.807, 2.05) is 18.2 Å². The molecule has 0 fully saturated rings. The number of hydrogen-bond acceptors (Lipinski definition) is 1. The highest BCUT2D eigenvalue weighted by Crippen LogP contribution is 2.37. The van der Waals surface area contributed by atoms with Crippen molar-refractivity contribution in [2.45, 2.75) is 64.2 Å². The van der Waals surface area contributed by atoms with Crippen LogP contribution in [0.15, 0.2) is 18.2 Å². The second kappa shape index (κ2) is 7.68. The standard InChI is InChI=1S/C17H24ClNO/c1-2-3-4-5-6-7-8-9-14-15-12-13(18)10-11-16(15)19-17(14)20/h10-12,14H,2-9H2,1H3,(H,19,20). The summed E-state index contributed by atoms with van der Waals surface area (Å²) in [7, 11) is 0. The Morgan fingerprint density at radius 3 is 2.55 bits per heavy atom. The van der Waals surface area contributed by atoms with Crippen LogP contribution in [-0.4, -0.2) is 5.91 Å². The van der Waals surface area contributed by atoms with Crippen molar-refractivity contribution >= 4 is 23.2 Å². The second-order valence-corrected chi connectivity index (χ2v) is 6.12. The summed E-state index contributed by atoms with van der Waals surface area (Å²) in [6.45, 7) is 2.24. The number of unbranched alkanes of at least 4 members (excludes halogenated alkanes) is 6. The molecule has 2 rings (SSSR count). The van der Waals surface area contributed by atoms with Crippen molar-refractivity contribution in [3.63, 3.8) is 0 Å². The predicted octanol–water partition coefficient (Wildman–Crippen LogP) is 5.52. The number of hydrogen-bond donors (Lipinski definition) is 1. The minimum Gasteiger partial charge on any atom is -0.325 e. The van der Waals surface area contributed by atoms with Gasteiger partial charge in [0.25, 0.3) is 0 Å². The second-order valence-electron chi connectivity index (χ2n) is 5.68. The monoisotopic (exact) mass is 293 g/mol. The van der Waals surface area contributed by atoms with Crippen LogP contribution in [0.2, 0.25) is 5.02 Å². The normalized spacial score (nSPS) is 17.1. The van der Waals surface area contributed by atoms with E-state index in [-0.39, 0.29) is 11.8 Å². The highest BCUT2D eigenvalue weighted by atomic mass is 35.5. The Balaban J connectivity index is 1.76. The molecule has 0 radical (unpaired) electrons. The Kier molecular flexibility index (Phi) is 5.90. The number of halogens is 1. The van der Waals surface area contributed by atoms with E-state index in [0.717, 1.165) is 24.1 Å². The number of rotatable bonds is 8. The van der Waals surface area contributed by atoms with Gasteiger partial charge in [-0.3, -0.25) is 4.79 Å². The fourth-order valence-corrected chi connectivity index (χ4v) is 3.07. The van der Waals surface area contributed by atoms with Crippen LogP contribution in [0.1, 0.15) is 69.8 Å². The Labute approximate surface area is 126 Å². The number of amides is 1. The quantitative estimate of drug-likeness (QED) is 0.629. The van der Waals surface area contributed by atoms with E-state index in [2.05, 4.69) is 12.2 Å². The lowest BCUT2D eigenvalue weighted by Crippen LogP contribution is -2.11. The molecule has 0 saturated heterocycles. The Morgan fingerprint density at radius 1 is 1.10 bits per heavy atom. The van der Waals surface area contributed by atoms with Gasteiger partial charge in [0.05, 0.1) is 5.92 Å². The molecule has 0 spiro atoms. The Bertz CT molecular complexity index is 458. The summed E-state index contributed by atoms with van der Waals surface area (Å²) in [6, 6.07) is 5.66. The van der Waals surface area contributed by atoms with Crippen molar-refractivity contribution in [3.8, 4) is 0 Å². The molecule has 1 aliphatic heterocycles. The van der Waals surface area contributed by atoms with E-state index in [1.54, 1.807) is 0 Å². The van der Waals surface area contributed by atoms with Gasteiger partial charge in [0.1, 0.15) is 0 Å². The average Bonchev–Trinajstić information content (AvgIpc) is 2.73. The van der Waals surface area contributed by atoms with Gasteiger partial charge in [-0.05, 0) is 30.2 Å². The number of nitrogens with one attached hydrogen (secondary N) is 1. The first kappa shape index (κ1) is 15.4. The van der Waals surface area contributed by atoms with Crippen LogP contribution in [0.4, 0.5) is 5.69 Å². The SMILES string of the molecule is CCCCCCCCCC1C(=O)Nc2ccc(Cl)cc21. The van der Waals surface area contributed by atoms with Gasteiger partial charge in [-0.2, -0.15) is 0 Å². The molecule has 1 amide bonds. The van der Waals surface area contributed by atoms with Gasteiger partial charge in [0.15, 0.2) is 0 Å². The van der Waals surface area contributed by atoms with Crippen molar-refractivity contribution in [2.75, 3.05) is 5.32 Å². The van der Waals surface area contributed by atoms with E-state index in [9.17, 15) is 4.79 Å². The third-order valence-corrected chi connectivity index (χ3v) is 4.29. The smallest absolute Gasteiger partial charge is 0.232 e. The summed E-state index contributed by atoms with van der Waals surface area (Å²) in [5.74, 6) is 0.132. The molecule has 1 heterocycles. The van der Waals surface area contributed by atoms with E-state index >= 15 is 0 Å². The molecule has 2 nitrogen and oxygen atoms in total. The third-order valence-electron chi connectivity index (χ3n) is 4.06. The lowest BCUT2D eigenvalue weighted by atomic mass is 9.94. The number of fused-ring (bicyclic) bond motifs is 1. The first-order chi connectivity index (χ1) is 9.72. The van der Waals surface area contributed by atoms with Gasteiger partial charge in [0.2, 0.25) is 5.91 Å². The number of carbonyl (C=O) groups is 1. The topological polar surface area (TPSA) is 29.1 Å². The molecule has 1 atom stereocenters. The van der Waals surface area contributed by atoms with Gasteiger partial charge in [-0.15, -0.1) is 0 Å². The summed E-state index contributed by atoms with van der Waals surface area (Å²) in [6.07, 6.45) is 9.88. The molecular formula is C17H24ClNO. The van der Waals surface area contributed by atoms with E-state index < -0.39 is 0 Å². The fraction of sp³-hybridized carbons (Fsp3) is 0.588. The highest BCUT2D eigenvalue weighted by Gasteiger charge is 2.29. The molecule has 110 valence electrons. The molecule has 20 heavy (non-hydrogen) atoms. The zero-order chi connectivity index (χ0) is 14.4. The zero-order valence-electron chi connectivity index (χ0n) is 12.3. The minimum atomic E-state index is -0.000609. The van der Waals surface area contributed by atoms with Crippen LogP contribution in [0.3, 0.4) is 0 Å². The minimum absolute atomic E-state index is 0.000609. The summed E-state index contributed by atoms with van der Waals surface area (Å²) < 4.78 is 0. The average molecular weight is 294 g/mol. The molecule has 0 saturated carbocycles. The maximum Gasteiger partial charge on any atom is 0.232 e. The molecule has 0 bridgehead atoms. The molecule has 0 aromatic heterocycles. The van der Waals surface area contributed by atoms with Gasteiger partial charge < -0.3 is 5.32 Å². The third kappa shape index (κ3) is 3.99. The number of anilines is 1. The van der Waals surface area contributed by atoms with E-state index in [4.69, 9.17) is 11.6 Å². The van der Waals surface area contributed by atoms with Crippen molar-refractivity contribution in [2.24, 2.45) is 0 Å². The van der Waals surface area contributed by atoms with Crippen LogP contribution >= 0.6 is 11.6 Å². The van der Waals surface area contributed by atoms with Crippen LogP contribution in [-0.2, 0) is 4.79 Å². The van der Waals surface area contributed by atoms with Crippen LogP contribution in [0.5, 0.6) is 0 Å². The van der Waals surface area contributed by atoms with Crippen molar-refractivity contribution in [1.29, 1.82) is 0 Å². The molecule has 1 unspecified atom stereocenters. The summed E-state index contributed by atoms with van der Waals surface area (Å²) >= 11 is 6.03. The van der Waals surface area contributed by atoms with Crippen LogP contribution in [0.25, 0.3) is 0 Å². The van der Waals surface area contributed by atoms with Gasteiger partial charge in [0, 0.05) is 10.7 Å². The lowest BCUT2D eigenvalue weighted by Gasteiger charge is -2.08. The van der Waals surface area contributed by atoms with Gasteiger partial charge >= 0.3 is 0 Å². The highest BCUT2D eigenvalue weighted by molar-refractivity contribution is 6.31. The lowest BCUT2D eigenvalue weighted by molar-refractivity contribution is -0.117. The fourth-order valence-electron chi connectivity index (χ4n) is 2.89. The summed E-state index contributed by atoms with van der Waals surface area (Å²) in [5.41, 5.74) is 2.01. The largest absolute Gasteiger partial charge is 0.325 e. The van der Waals surface area contributed by atoms with Crippen molar-refractivity contribution < 1.29 is 4.79 Å². The zero-order valence-corrected chi connectivity index (χ0v) is 13.0. The molecule has 1 aromatic rings. The maximum atomic E-state index is 12.0. The summed E-state index contributed by atoms with van der Waals surface area (Å²) in [4.78, 5) is 12.0. The van der Waals surface area contributed by atoms with Gasteiger partial charge in [-0.25, -0.2) is 0 Å². The maximum absolute atomic E-state index is 12.0. The van der Waals surface area contributed by atoms with Crippen LogP contribution < -0.4 is 5.32 Å². The molecule has 3 heteroatoms. The van der Waals surface area contributed by atoms with E-state index in [0.29, 0.717) is 5.02 Å². The van der Waals surface area contributed by atoms with Crippen molar-refractivity contribution in [3.05, 3.63) is 28.8 Å². The first-order valence-corrected chi connectivity index (χ1v) is 8.20. The Hall–Kier alpha value is -1.02. The van der Waals surface area contributed by atoms with E-state index in [1.165, 1.54) is 38.5 Å². The van der Waals surface area contributed by atoms with Crippen LogP contribution in [0, 0.1) is 0 Å². The summed E-state index contributed by atoms with van der Waals surface area (Å²) in [5, 5.41) is 3.66. The molecular weight excluding hydrogens is 270 g/mol. The molecule has 1 aromatic carbocycles. The number of carbonyl (C=O) groups excluding carboxylic acids is 1. The molecule has 1 N–H and O–H groups in total. The van der Waals surface area contributed by atoms with Gasteiger partial charge in [-0.1, -0.05) is 63.5 Å². The predicted molar refractivity (Wildman–Crippen MR) is 85.4 cm³/mol. The number of benzene rings is 1. The molecule has 0 aliphatic carbocycles.